The van der Waals surface area contributed by atoms with Gasteiger partial charge in [0.1, 0.15) is 6.67 Å². The molecular formula is C22H25N3O3. The van der Waals surface area contributed by atoms with Crippen LogP contribution in [0.4, 0.5) is 11.4 Å². The molecule has 2 aliphatic rings. The van der Waals surface area contributed by atoms with Crippen molar-refractivity contribution in [3.63, 3.8) is 0 Å². The first-order chi connectivity index (χ1) is 13.6. The summed E-state index contributed by atoms with van der Waals surface area (Å²) < 4.78 is 5.37. The van der Waals surface area contributed by atoms with Gasteiger partial charge in [-0.3, -0.25) is 24.3 Å². The quantitative estimate of drug-likeness (QED) is 0.820. The number of carbonyl (C=O) groups is 2. The van der Waals surface area contributed by atoms with Crippen LogP contribution in [0.15, 0.2) is 48.5 Å². The summed E-state index contributed by atoms with van der Waals surface area (Å²) >= 11 is 0. The van der Waals surface area contributed by atoms with Crippen molar-refractivity contribution in [2.24, 2.45) is 0 Å². The first-order valence-electron chi connectivity index (χ1n) is 9.71. The third-order valence-electron chi connectivity index (χ3n) is 5.35. The number of hydrogen-bond donors (Lipinski definition) is 0. The Morgan fingerprint density at radius 2 is 1.75 bits per heavy atom. The zero-order valence-electron chi connectivity index (χ0n) is 16.1. The molecule has 6 heteroatoms. The number of carbonyl (C=O) groups excluding carboxylic acids is 2. The van der Waals surface area contributed by atoms with Crippen LogP contribution in [0, 0.1) is 6.92 Å². The topological polar surface area (TPSA) is 53.1 Å². The molecule has 6 nitrogen and oxygen atoms in total. The molecule has 0 radical (unpaired) electrons. The van der Waals surface area contributed by atoms with E-state index in [0.717, 1.165) is 37.6 Å². The Morgan fingerprint density at radius 3 is 2.50 bits per heavy atom. The van der Waals surface area contributed by atoms with Crippen molar-refractivity contribution < 1.29 is 14.3 Å². The third kappa shape index (κ3) is 3.79. The van der Waals surface area contributed by atoms with E-state index in [4.69, 9.17) is 4.74 Å². The molecule has 0 unspecified atom stereocenters. The maximum absolute atomic E-state index is 13.1. The molecule has 0 spiro atoms. The highest BCUT2D eigenvalue weighted by Gasteiger charge is 2.33. The van der Waals surface area contributed by atoms with Gasteiger partial charge in [-0.05, 0) is 31.2 Å². The highest BCUT2D eigenvalue weighted by atomic mass is 16.5. The number of para-hydroxylation sites is 1. The lowest BCUT2D eigenvalue weighted by Gasteiger charge is -2.37. The number of anilines is 2. The molecule has 0 N–H and O–H groups in total. The molecule has 146 valence electrons. The van der Waals surface area contributed by atoms with E-state index in [1.165, 1.54) is 0 Å². The lowest BCUT2D eigenvalue weighted by atomic mass is 10.1. The molecule has 2 aromatic rings. The fourth-order valence-electron chi connectivity index (χ4n) is 3.67. The van der Waals surface area contributed by atoms with Crippen LogP contribution >= 0.6 is 0 Å². The molecule has 0 aliphatic carbocycles. The molecule has 0 saturated carbocycles. The lowest BCUT2D eigenvalue weighted by molar-refractivity contribution is -0.119. The number of hydrogen-bond acceptors (Lipinski definition) is 4. The minimum Gasteiger partial charge on any atom is -0.379 e. The first kappa shape index (κ1) is 18.7. The second kappa shape index (κ2) is 8.12. The van der Waals surface area contributed by atoms with Gasteiger partial charge in [-0.1, -0.05) is 29.8 Å². The van der Waals surface area contributed by atoms with Gasteiger partial charge < -0.3 is 4.74 Å². The van der Waals surface area contributed by atoms with Crippen LogP contribution in [0.25, 0.3) is 0 Å². The molecule has 4 rings (SSSR count). The molecule has 0 atom stereocenters. The number of fused-ring (bicyclic) bond motifs is 1. The summed E-state index contributed by atoms with van der Waals surface area (Å²) in [6.45, 7) is 6.11. The monoisotopic (exact) mass is 379 g/mol. The number of amides is 2. The Kier molecular flexibility index (Phi) is 5.41. The van der Waals surface area contributed by atoms with Crippen molar-refractivity contribution in [2.75, 3.05) is 49.3 Å². The van der Waals surface area contributed by atoms with E-state index in [0.29, 0.717) is 24.2 Å². The average molecular weight is 379 g/mol. The highest BCUT2D eigenvalue weighted by Crippen LogP contribution is 2.31. The van der Waals surface area contributed by atoms with Crippen LogP contribution in [-0.2, 0) is 9.53 Å². The summed E-state index contributed by atoms with van der Waals surface area (Å²) in [5.74, 6) is -0.0414. The minimum absolute atomic E-state index is 0.0311. The summed E-state index contributed by atoms with van der Waals surface area (Å²) in [4.78, 5) is 31.8. The fourth-order valence-corrected chi connectivity index (χ4v) is 3.67. The SMILES string of the molecule is Cc1ccc(N2CN(C(=O)CCN3CCOCC3)c3ccccc3C2=O)cc1. The van der Waals surface area contributed by atoms with Crippen molar-refractivity contribution in [3.8, 4) is 0 Å². The van der Waals surface area contributed by atoms with E-state index in [1.54, 1.807) is 15.9 Å². The van der Waals surface area contributed by atoms with Crippen LogP contribution in [0.3, 0.4) is 0 Å². The molecule has 0 bridgehead atoms. The summed E-state index contributed by atoms with van der Waals surface area (Å²) in [5.41, 5.74) is 3.19. The van der Waals surface area contributed by atoms with E-state index in [1.807, 2.05) is 49.4 Å². The van der Waals surface area contributed by atoms with Gasteiger partial charge in [0.2, 0.25) is 5.91 Å². The smallest absolute Gasteiger partial charge is 0.261 e. The van der Waals surface area contributed by atoms with Crippen molar-refractivity contribution in [2.45, 2.75) is 13.3 Å². The lowest BCUT2D eigenvalue weighted by Crippen LogP contribution is -2.50. The van der Waals surface area contributed by atoms with Crippen LogP contribution in [0.2, 0.25) is 0 Å². The van der Waals surface area contributed by atoms with Crippen molar-refractivity contribution in [3.05, 3.63) is 59.7 Å². The predicted molar refractivity (Wildman–Crippen MR) is 109 cm³/mol. The Morgan fingerprint density at radius 1 is 1.04 bits per heavy atom. The maximum atomic E-state index is 13.1. The molecule has 2 heterocycles. The minimum atomic E-state index is -0.0725. The van der Waals surface area contributed by atoms with Gasteiger partial charge in [-0.25, -0.2) is 0 Å². The van der Waals surface area contributed by atoms with Crippen LogP contribution < -0.4 is 9.80 Å². The molecule has 1 fully saturated rings. The zero-order valence-corrected chi connectivity index (χ0v) is 16.1. The Hall–Kier alpha value is -2.70. The number of ether oxygens (including phenoxy) is 1. The molecule has 1 saturated heterocycles. The molecule has 28 heavy (non-hydrogen) atoms. The molecule has 2 amide bonds. The summed E-state index contributed by atoms with van der Waals surface area (Å²) in [6.07, 6.45) is 0.421. The first-order valence-corrected chi connectivity index (χ1v) is 9.71. The number of rotatable bonds is 4. The van der Waals surface area contributed by atoms with Gasteiger partial charge in [-0.15, -0.1) is 0 Å². The van der Waals surface area contributed by atoms with Crippen molar-refractivity contribution in [1.29, 1.82) is 0 Å². The number of aryl methyl sites for hydroxylation is 1. The summed E-state index contributed by atoms with van der Waals surface area (Å²) in [6, 6.07) is 15.2. The summed E-state index contributed by atoms with van der Waals surface area (Å²) in [5, 5.41) is 0. The number of nitrogens with zero attached hydrogens (tertiary/aromatic N) is 3. The fraction of sp³-hybridized carbons (Fsp3) is 0.364. The average Bonchev–Trinajstić information content (AvgIpc) is 2.74. The predicted octanol–water partition coefficient (Wildman–Crippen LogP) is 2.67. The van der Waals surface area contributed by atoms with E-state index >= 15 is 0 Å². The second-order valence-electron chi connectivity index (χ2n) is 7.25. The second-order valence-corrected chi connectivity index (χ2v) is 7.25. The van der Waals surface area contributed by atoms with Crippen LogP contribution in [0.1, 0.15) is 22.3 Å². The van der Waals surface area contributed by atoms with Gasteiger partial charge in [-0.2, -0.15) is 0 Å². The standard InChI is InChI=1S/C22H25N3O3/c1-17-6-8-18(9-7-17)24-16-25(20-5-3-2-4-19(20)22(24)27)21(26)10-11-23-12-14-28-15-13-23/h2-9H,10-16H2,1H3. The van der Waals surface area contributed by atoms with E-state index in [-0.39, 0.29) is 18.5 Å². The van der Waals surface area contributed by atoms with Crippen molar-refractivity contribution >= 4 is 23.2 Å². The van der Waals surface area contributed by atoms with Crippen molar-refractivity contribution in [1.82, 2.24) is 4.90 Å². The van der Waals surface area contributed by atoms with Crippen LogP contribution in [0.5, 0.6) is 0 Å². The van der Waals surface area contributed by atoms with E-state index < -0.39 is 0 Å². The Balaban J connectivity index is 1.56. The largest absolute Gasteiger partial charge is 0.379 e. The molecule has 2 aliphatic heterocycles. The Labute approximate surface area is 165 Å². The number of benzene rings is 2. The van der Waals surface area contributed by atoms with E-state index in [2.05, 4.69) is 4.90 Å². The van der Waals surface area contributed by atoms with Gasteiger partial charge in [0.25, 0.3) is 5.91 Å². The van der Waals surface area contributed by atoms with Crippen LogP contribution in [-0.4, -0.2) is 56.2 Å². The normalized spacial score (nSPS) is 17.5. The van der Waals surface area contributed by atoms with E-state index in [9.17, 15) is 9.59 Å². The number of morpholine rings is 1. The zero-order chi connectivity index (χ0) is 19.5. The molecule has 2 aromatic carbocycles. The maximum Gasteiger partial charge on any atom is 0.261 e. The van der Waals surface area contributed by atoms with Gasteiger partial charge in [0.15, 0.2) is 0 Å². The van der Waals surface area contributed by atoms with Gasteiger partial charge in [0, 0.05) is 31.7 Å². The molecule has 0 aromatic heterocycles. The Bertz CT molecular complexity index is 860. The third-order valence-corrected chi connectivity index (χ3v) is 5.35. The summed E-state index contributed by atoms with van der Waals surface area (Å²) in [7, 11) is 0. The molecular weight excluding hydrogens is 354 g/mol. The highest BCUT2D eigenvalue weighted by molar-refractivity contribution is 6.15. The van der Waals surface area contributed by atoms with Gasteiger partial charge in [0.05, 0.1) is 24.5 Å². The van der Waals surface area contributed by atoms with Gasteiger partial charge >= 0.3 is 0 Å².